The number of aliphatic hydroxyl groups is 1. The molecule has 0 aliphatic heterocycles. The van der Waals surface area contributed by atoms with Gasteiger partial charge in [0.1, 0.15) is 19.3 Å². The summed E-state index contributed by atoms with van der Waals surface area (Å²) in [5.74, 6) is 0.110. The number of unbranched alkanes of at least 4 members (excludes halogenated alkanes) is 34. The molecule has 2 unspecified atom stereocenters. The molecule has 17 nitrogen and oxygen atoms in total. The molecule has 0 spiro atoms. The monoisotopic (exact) mass is 1280 g/mol. The Hall–Kier alpha value is -1.94. The molecule has 87 heavy (non-hydrogen) atoms. The van der Waals surface area contributed by atoms with Crippen molar-refractivity contribution >= 4 is 39.5 Å². The van der Waals surface area contributed by atoms with Gasteiger partial charge in [0.25, 0.3) is 0 Å². The second-order valence-corrected chi connectivity index (χ2v) is 28.9. The normalized spacial score (nSPS) is 14.3. The van der Waals surface area contributed by atoms with Crippen molar-refractivity contribution in [3.05, 3.63) is 0 Å². The molecule has 0 aliphatic carbocycles. The fourth-order valence-electron chi connectivity index (χ4n) is 10.2. The van der Waals surface area contributed by atoms with Crippen molar-refractivity contribution in [2.45, 2.75) is 356 Å². The summed E-state index contributed by atoms with van der Waals surface area (Å²) in [5, 5.41) is 10.5. The van der Waals surface area contributed by atoms with E-state index in [2.05, 4.69) is 48.5 Å². The fourth-order valence-corrected chi connectivity index (χ4v) is 11.8. The number of carbonyl (C=O) groups is 4. The Kier molecular flexibility index (Phi) is 57.8. The molecule has 5 atom stereocenters. The number of rotatable bonds is 66. The SMILES string of the molecule is CCCCCCCC(=O)OC[C@H](COP(=O)(O)OC[C@H](O)COP(=O)(O)OC[C@@H](COC(=O)CCCCCCCCCCCCCCC(C)C)OC(=O)CCCCCCCCCCCCCCCCCC(C)C)OC(=O)CCCCCCCCC(C)C. The molecular weight excluding hydrogens is 1150 g/mol. The zero-order valence-electron chi connectivity index (χ0n) is 56.5. The number of aliphatic hydroxyl groups excluding tert-OH is 1. The predicted octanol–water partition coefficient (Wildman–Crippen LogP) is 19.1. The first kappa shape index (κ1) is 85.1. The maximum absolute atomic E-state index is 13.0. The molecule has 0 aromatic rings. The van der Waals surface area contributed by atoms with Crippen LogP contribution in [0, 0.1) is 17.8 Å². The van der Waals surface area contributed by atoms with Gasteiger partial charge >= 0.3 is 39.5 Å². The van der Waals surface area contributed by atoms with Gasteiger partial charge in [-0.1, -0.05) is 286 Å². The molecule has 0 rings (SSSR count). The maximum atomic E-state index is 13.0. The van der Waals surface area contributed by atoms with Gasteiger partial charge in [0, 0.05) is 25.7 Å². The molecule has 0 heterocycles. The number of phosphoric ester groups is 2. The third kappa shape index (κ3) is 62.6. The Balaban J connectivity index is 5.15. The molecule has 0 bridgehead atoms. The minimum Gasteiger partial charge on any atom is -0.462 e. The van der Waals surface area contributed by atoms with Crippen molar-refractivity contribution in [2.75, 3.05) is 39.6 Å². The first-order valence-electron chi connectivity index (χ1n) is 35.3. The van der Waals surface area contributed by atoms with E-state index in [-0.39, 0.29) is 25.7 Å². The number of hydrogen-bond donors (Lipinski definition) is 3. The Labute approximate surface area is 530 Å². The van der Waals surface area contributed by atoms with Gasteiger partial charge in [-0.25, -0.2) is 9.13 Å². The van der Waals surface area contributed by atoms with Crippen molar-refractivity contribution in [1.29, 1.82) is 0 Å². The highest BCUT2D eigenvalue weighted by Crippen LogP contribution is 2.45. The molecular formula is C68H132O17P2. The van der Waals surface area contributed by atoms with Crippen LogP contribution in [0.15, 0.2) is 0 Å². The van der Waals surface area contributed by atoms with Crippen LogP contribution in [0.4, 0.5) is 0 Å². The number of phosphoric acid groups is 2. The predicted molar refractivity (Wildman–Crippen MR) is 349 cm³/mol. The highest BCUT2D eigenvalue weighted by Gasteiger charge is 2.30. The summed E-state index contributed by atoms with van der Waals surface area (Å²) in [5.41, 5.74) is 0. The molecule has 0 aromatic heterocycles. The van der Waals surface area contributed by atoms with Crippen molar-refractivity contribution in [1.82, 2.24) is 0 Å². The van der Waals surface area contributed by atoms with Crippen molar-refractivity contribution in [3.63, 3.8) is 0 Å². The lowest BCUT2D eigenvalue weighted by Crippen LogP contribution is -2.30. The van der Waals surface area contributed by atoms with Crippen LogP contribution in [0.3, 0.4) is 0 Å². The molecule has 0 saturated carbocycles. The van der Waals surface area contributed by atoms with Crippen molar-refractivity contribution in [2.24, 2.45) is 17.8 Å². The average molecular weight is 1280 g/mol. The van der Waals surface area contributed by atoms with E-state index in [0.29, 0.717) is 31.6 Å². The van der Waals surface area contributed by atoms with Crippen LogP contribution in [-0.4, -0.2) is 96.7 Å². The van der Waals surface area contributed by atoms with E-state index in [1.54, 1.807) is 0 Å². The minimum atomic E-state index is -4.95. The molecule has 3 N–H and O–H groups in total. The smallest absolute Gasteiger partial charge is 0.462 e. The number of esters is 4. The van der Waals surface area contributed by atoms with Gasteiger partial charge in [-0.3, -0.25) is 37.3 Å². The lowest BCUT2D eigenvalue weighted by Gasteiger charge is -2.21. The second kappa shape index (κ2) is 59.1. The summed E-state index contributed by atoms with van der Waals surface area (Å²) in [6.07, 6.45) is 42.3. The highest BCUT2D eigenvalue weighted by molar-refractivity contribution is 7.47. The lowest BCUT2D eigenvalue weighted by atomic mass is 10.0. The van der Waals surface area contributed by atoms with E-state index in [0.717, 1.165) is 108 Å². The first-order chi connectivity index (χ1) is 41.7. The molecule has 0 aromatic carbocycles. The van der Waals surface area contributed by atoms with Crippen LogP contribution in [0.25, 0.3) is 0 Å². The standard InChI is InChI=1S/C68H132O17P2/c1-8-9-10-32-42-49-65(70)78-55-63(85-68(73)52-45-38-31-30-35-41-48-61(6)7)57-82-86(74,75)80-53-62(69)54-81-87(76,77)83-58-64(56-79-66(71)50-43-36-28-24-20-17-16-19-23-27-34-40-47-60(4)5)84-67(72)51-44-37-29-25-21-15-13-11-12-14-18-22-26-33-39-46-59(2)3/h59-64,69H,8-58H2,1-7H3,(H,74,75)(H,76,77)/t62-,63+,64+/m0/s1. The van der Waals surface area contributed by atoms with Gasteiger partial charge in [-0.2, -0.15) is 0 Å². The zero-order valence-corrected chi connectivity index (χ0v) is 58.3. The molecule has 0 aliphatic rings. The zero-order chi connectivity index (χ0) is 64.5. The fraction of sp³-hybridized carbons (Fsp3) is 0.941. The van der Waals surface area contributed by atoms with Gasteiger partial charge in [0.2, 0.25) is 0 Å². The largest absolute Gasteiger partial charge is 0.472 e. The van der Waals surface area contributed by atoms with E-state index in [1.807, 2.05) is 0 Å². The molecule has 516 valence electrons. The number of ether oxygens (including phenoxy) is 4. The quantitative estimate of drug-likeness (QED) is 0.0222. The van der Waals surface area contributed by atoms with Gasteiger partial charge in [-0.15, -0.1) is 0 Å². The van der Waals surface area contributed by atoms with Crippen LogP contribution in [0.2, 0.25) is 0 Å². The van der Waals surface area contributed by atoms with Gasteiger partial charge < -0.3 is 33.8 Å². The molecule has 0 amide bonds. The van der Waals surface area contributed by atoms with E-state index in [9.17, 15) is 43.2 Å². The Morgan fingerprint density at radius 2 is 0.529 bits per heavy atom. The Bertz CT molecular complexity index is 1720. The average Bonchev–Trinajstić information content (AvgIpc) is 3.48. The summed E-state index contributed by atoms with van der Waals surface area (Å²) in [7, 11) is -9.89. The van der Waals surface area contributed by atoms with Crippen LogP contribution in [-0.2, 0) is 65.4 Å². The summed E-state index contributed by atoms with van der Waals surface area (Å²) < 4.78 is 67.9. The summed E-state index contributed by atoms with van der Waals surface area (Å²) in [4.78, 5) is 72.1. The van der Waals surface area contributed by atoms with Crippen molar-refractivity contribution in [3.8, 4) is 0 Å². The lowest BCUT2D eigenvalue weighted by molar-refractivity contribution is -0.161. The maximum Gasteiger partial charge on any atom is 0.472 e. The minimum absolute atomic E-state index is 0.101. The molecule has 0 fully saturated rings. The summed E-state index contributed by atoms with van der Waals surface area (Å²) in [6.45, 7) is 11.7. The second-order valence-electron chi connectivity index (χ2n) is 26.0. The summed E-state index contributed by atoms with van der Waals surface area (Å²) >= 11 is 0. The van der Waals surface area contributed by atoms with Crippen LogP contribution < -0.4 is 0 Å². The van der Waals surface area contributed by atoms with Crippen LogP contribution in [0.5, 0.6) is 0 Å². The summed E-state index contributed by atoms with van der Waals surface area (Å²) in [6, 6.07) is 0. The van der Waals surface area contributed by atoms with E-state index in [4.69, 9.17) is 37.0 Å². The number of hydrogen-bond acceptors (Lipinski definition) is 15. The Morgan fingerprint density at radius 3 is 0.782 bits per heavy atom. The van der Waals surface area contributed by atoms with Crippen molar-refractivity contribution < 1.29 is 80.2 Å². The Morgan fingerprint density at radius 1 is 0.310 bits per heavy atom. The number of carbonyl (C=O) groups excluding carboxylic acids is 4. The molecule has 0 radical (unpaired) electrons. The van der Waals surface area contributed by atoms with Gasteiger partial charge in [-0.05, 0) is 43.4 Å². The van der Waals surface area contributed by atoms with E-state index >= 15 is 0 Å². The third-order valence-electron chi connectivity index (χ3n) is 15.6. The first-order valence-corrected chi connectivity index (χ1v) is 38.3. The van der Waals surface area contributed by atoms with E-state index in [1.165, 1.54) is 141 Å². The van der Waals surface area contributed by atoms with Gasteiger partial charge in [0.15, 0.2) is 12.2 Å². The van der Waals surface area contributed by atoms with E-state index < -0.39 is 97.5 Å². The van der Waals surface area contributed by atoms with Gasteiger partial charge in [0.05, 0.1) is 26.4 Å². The third-order valence-corrected chi connectivity index (χ3v) is 17.5. The molecule has 0 saturated heterocycles. The molecule has 19 heteroatoms. The van der Waals surface area contributed by atoms with Crippen LogP contribution in [0.1, 0.15) is 337 Å². The topological polar surface area (TPSA) is 237 Å². The highest BCUT2D eigenvalue weighted by atomic mass is 31.2. The van der Waals surface area contributed by atoms with Crippen LogP contribution >= 0.6 is 15.6 Å².